The Morgan fingerprint density at radius 3 is 2.45 bits per heavy atom. The van der Waals surface area contributed by atoms with Gasteiger partial charge in [-0.1, -0.05) is 18.6 Å². The van der Waals surface area contributed by atoms with Gasteiger partial charge in [0.2, 0.25) is 0 Å². The van der Waals surface area contributed by atoms with Gasteiger partial charge in [-0.25, -0.2) is 0 Å². The van der Waals surface area contributed by atoms with E-state index in [4.69, 9.17) is 4.74 Å². The third kappa shape index (κ3) is 2.06. The van der Waals surface area contributed by atoms with Crippen LogP contribution in [-0.2, 0) is 4.74 Å². The SMILES string of the molecule is CC(C)=CCC[C@]1(C)[C@H]2[C@H]3[C@@H](CC[C@@]3(C)O)[C@]3(CC[C@H]21)CO3. The minimum atomic E-state index is -0.467. The molecule has 3 saturated carbocycles. The van der Waals surface area contributed by atoms with Gasteiger partial charge >= 0.3 is 0 Å². The second-order valence-electron chi connectivity index (χ2n) is 9.38. The summed E-state index contributed by atoms with van der Waals surface area (Å²) in [6, 6.07) is 0. The van der Waals surface area contributed by atoms with E-state index in [0.29, 0.717) is 17.3 Å². The van der Waals surface area contributed by atoms with Crippen LogP contribution in [0.2, 0.25) is 0 Å². The third-order valence-corrected chi connectivity index (χ3v) is 7.74. The van der Waals surface area contributed by atoms with E-state index in [-0.39, 0.29) is 5.60 Å². The molecular weight excluding hydrogens is 272 g/mol. The lowest BCUT2D eigenvalue weighted by atomic mass is 9.74. The van der Waals surface area contributed by atoms with Crippen LogP contribution in [0.25, 0.3) is 0 Å². The molecule has 1 saturated heterocycles. The average Bonchev–Trinajstić information content (AvgIpc) is 3.28. The first-order valence-electron chi connectivity index (χ1n) is 9.30. The summed E-state index contributed by atoms with van der Waals surface area (Å²) in [4.78, 5) is 0. The maximum Gasteiger partial charge on any atom is 0.0948 e. The average molecular weight is 304 g/mol. The van der Waals surface area contributed by atoms with Gasteiger partial charge in [-0.3, -0.25) is 0 Å². The lowest BCUT2D eigenvalue weighted by Gasteiger charge is -2.33. The smallest absolute Gasteiger partial charge is 0.0948 e. The molecule has 0 unspecified atom stereocenters. The number of epoxide rings is 1. The zero-order valence-corrected chi connectivity index (χ0v) is 14.7. The van der Waals surface area contributed by atoms with Crippen LogP contribution in [0.15, 0.2) is 11.6 Å². The molecule has 2 nitrogen and oxygen atoms in total. The van der Waals surface area contributed by atoms with Gasteiger partial charge in [-0.05, 0) is 88.4 Å². The van der Waals surface area contributed by atoms with Crippen LogP contribution in [-0.4, -0.2) is 22.9 Å². The van der Waals surface area contributed by atoms with E-state index < -0.39 is 5.60 Å². The lowest BCUT2D eigenvalue weighted by Crippen LogP contribution is -2.39. The summed E-state index contributed by atoms with van der Waals surface area (Å²) in [6.07, 6.45) is 9.58. The summed E-state index contributed by atoms with van der Waals surface area (Å²) in [5, 5.41) is 11.1. The van der Waals surface area contributed by atoms with Crippen molar-refractivity contribution in [1.82, 2.24) is 0 Å². The van der Waals surface area contributed by atoms with E-state index in [1.165, 1.54) is 37.7 Å². The fraction of sp³-hybridized carbons (Fsp3) is 0.900. The van der Waals surface area contributed by atoms with Crippen LogP contribution in [0, 0.1) is 29.1 Å². The molecule has 4 rings (SSSR count). The Morgan fingerprint density at radius 2 is 1.82 bits per heavy atom. The molecule has 0 bridgehead atoms. The van der Waals surface area contributed by atoms with E-state index in [1.54, 1.807) is 0 Å². The minimum absolute atomic E-state index is 0.166. The molecule has 22 heavy (non-hydrogen) atoms. The van der Waals surface area contributed by atoms with Crippen molar-refractivity contribution in [2.75, 3.05) is 6.61 Å². The molecule has 4 fully saturated rings. The standard InChI is InChI=1S/C20H32O2/c1-13(2)6-5-9-18(3)14-8-11-20(12-22-20)15-7-10-19(4,21)17(15)16(14)18/h6,14-17,21H,5,7-12H2,1-4H3/t14-,15-,16-,17-,18+,19-,20+/m1/s1. The van der Waals surface area contributed by atoms with E-state index in [0.717, 1.165) is 24.9 Å². The predicted octanol–water partition coefficient (Wildman–Crippen LogP) is 4.33. The molecule has 0 aromatic carbocycles. The van der Waals surface area contributed by atoms with Crippen molar-refractivity contribution in [2.24, 2.45) is 29.1 Å². The van der Waals surface area contributed by atoms with Crippen LogP contribution >= 0.6 is 0 Å². The third-order valence-electron chi connectivity index (χ3n) is 7.74. The quantitative estimate of drug-likeness (QED) is 0.622. The van der Waals surface area contributed by atoms with Gasteiger partial charge in [0.15, 0.2) is 0 Å². The molecule has 0 radical (unpaired) electrons. The molecule has 4 aliphatic rings. The second-order valence-corrected chi connectivity index (χ2v) is 9.38. The molecule has 124 valence electrons. The Bertz CT molecular complexity index is 498. The zero-order chi connectivity index (χ0) is 15.8. The topological polar surface area (TPSA) is 32.8 Å². The maximum atomic E-state index is 11.1. The molecule has 1 N–H and O–H groups in total. The van der Waals surface area contributed by atoms with Gasteiger partial charge in [0.25, 0.3) is 0 Å². The normalized spacial score (nSPS) is 55.3. The first-order chi connectivity index (χ1) is 10.3. The van der Waals surface area contributed by atoms with E-state index in [1.807, 2.05) is 0 Å². The Morgan fingerprint density at radius 1 is 1.14 bits per heavy atom. The highest BCUT2D eigenvalue weighted by molar-refractivity contribution is 5.22. The molecule has 1 spiro atoms. The van der Waals surface area contributed by atoms with Crippen molar-refractivity contribution < 1.29 is 9.84 Å². The van der Waals surface area contributed by atoms with Crippen LogP contribution in [0.5, 0.6) is 0 Å². The number of fused-ring (bicyclic) bond motifs is 4. The summed E-state index contributed by atoms with van der Waals surface area (Å²) in [7, 11) is 0. The number of hydrogen-bond donors (Lipinski definition) is 1. The van der Waals surface area contributed by atoms with E-state index in [2.05, 4.69) is 33.8 Å². The molecule has 0 aromatic heterocycles. The first kappa shape index (κ1) is 15.2. The number of aliphatic hydroxyl groups is 1. The van der Waals surface area contributed by atoms with Crippen molar-refractivity contribution in [3.8, 4) is 0 Å². The summed E-state index contributed by atoms with van der Waals surface area (Å²) >= 11 is 0. The number of allylic oxidation sites excluding steroid dienone is 2. The van der Waals surface area contributed by atoms with Crippen molar-refractivity contribution >= 4 is 0 Å². The maximum absolute atomic E-state index is 11.1. The fourth-order valence-corrected chi connectivity index (χ4v) is 6.38. The second kappa shape index (κ2) is 4.60. The van der Waals surface area contributed by atoms with Crippen LogP contribution < -0.4 is 0 Å². The minimum Gasteiger partial charge on any atom is -0.390 e. The molecular formula is C20H32O2. The Hall–Kier alpha value is -0.340. The summed E-state index contributed by atoms with van der Waals surface area (Å²) in [5.74, 6) is 2.63. The van der Waals surface area contributed by atoms with Gasteiger partial charge in [-0.2, -0.15) is 0 Å². The van der Waals surface area contributed by atoms with Gasteiger partial charge < -0.3 is 9.84 Å². The fourth-order valence-electron chi connectivity index (χ4n) is 6.38. The first-order valence-corrected chi connectivity index (χ1v) is 9.30. The largest absolute Gasteiger partial charge is 0.390 e. The number of hydrogen-bond acceptors (Lipinski definition) is 2. The summed E-state index contributed by atoms with van der Waals surface area (Å²) in [6.45, 7) is 9.94. The zero-order valence-electron chi connectivity index (χ0n) is 14.7. The number of rotatable bonds is 3. The Balaban J connectivity index is 1.57. The van der Waals surface area contributed by atoms with Crippen molar-refractivity contribution in [2.45, 2.75) is 77.4 Å². The van der Waals surface area contributed by atoms with Crippen molar-refractivity contribution in [1.29, 1.82) is 0 Å². The van der Waals surface area contributed by atoms with E-state index in [9.17, 15) is 5.11 Å². The van der Waals surface area contributed by atoms with E-state index >= 15 is 0 Å². The van der Waals surface area contributed by atoms with Crippen molar-refractivity contribution in [3.05, 3.63) is 11.6 Å². The molecule has 1 heterocycles. The predicted molar refractivity (Wildman–Crippen MR) is 88.5 cm³/mol. The molecule has 3 aliphatic carbocycles. The highest BCUT2D eigenvalue weighted by atomic mass is 16.6. The molecule has 0 aromatic rings. The van der Waals surface area contributed by atoms with Gasteiger partial charge in [-0.15, -0.1) is 0 Å². The lowest BCUT2D eigenvalue weighted by molar-refractivity contribution is -0.0166. The van der Waals surface area contributed by atoms with Gasteiger partial charge in [0.1, 0.15) is 0 Å². The molecule has 1 aliphatic heterocycles. The van der Waals surface area contributed by atoms with Crippen molar-refractivity contribution in [3.63, 3.8) is 0 Å². The Labute approximate surface area is 135 Å². The van der Waals surface area contributed by atoms with Crippen LogP contribution in [0.3, 0.4) is 0 Å². The van der Waals surface area contributed by atoms with Crippen LogP contribution in [0.1, 0.15) is 66.2 Å². The monoisotopic (exact) mass is 304 g/mol. The number of ether oxygens (including phenoxy) is 1. The highest BCUT2D eigenvalue weighted by Gasteiger charge is 2.73. The summed E-state index contributed by atoms with van der Waals surface area (Å²) in [5.41, 5.74) is 1.59. The van der Waals surface area contributed by atoms with Gasteiger partial charge in [0.05, 0.1) is 17.8 Å². The molecule has 2 heteroatoms. The molecule has 0 amide bonds. The Kier molecular flexibility index (Phi) is 3.18. The highest BCUT2D eigenvalue weighted by Crippen LogP contribution is 2.75. The summed E-state index contributed by atoms with van der Waals surface area (Å²) < 4.78 is 5.95. The molecule has 7 atom stereocenters. The van der Waals surface area contributed by atoms with Gasteiger partial charge in [0, 0.05) is 0 Å². The van der Waals surface area contributed by atoms with Crippen LogP contribution in [0.4, 0.5) is 0 Å².